The normalized spacial score (nSPS) is 22.3. The summed E-state index contributed by atoms with van der Waals surface area (Å²) in [6, 6.07) is 1.90. The van der Waals surface area contributed by atoms with Gasteiger partial charge in [0.05, 0.1) is 18.0 Å². The van der Waals surface area contributed by atoms with Crippen LogP contribution < -0.4 is 0 Å². The first-order valence-electron chi connectivity index (χ1n) is 5.19. The summed E-state index contributed by atoms with van der Waals surface area (Å²) in [4.78, 5) is 1.85. The summed E-state index contributed by atoms with van der Waals surface area (Å²) in [5, 5.41) is 8.79. The largest absolute Gasteiger partial charge is 0.391 e. The number of alkyl halides is 3. The van der Waals surface area contributed by atoms with Crippen LogP contribution in [0.1, 0.15) is 26.2 Å². The lowest BCUT2D eigenvalue weighted by atomic mass is 9.95. The van der Waals surface area contributed by atoms with Crippen molar-refractivity contribution in [2.24, 2.45) is 5.92 Å². The topological polar surface area (TPSA) is 27.0 Å². The second-order valence-corrected chi connectivity index (χ2v) is 3.91. The third-order valence-corrected chi connectivity index (χ3v) is 2.97. The van der Waals surface area contributed by atoms with E-state index in [1.54, 1.807) is 0 Å². The summed E-state index contributed by atoms with van der Waals surface area (Å²) in [5.41, 5.74) is 0. The van der Waals surface area contributed by atoms with Gasteiger partial charge in [-0.2, -0.15) is 18.4 Å². The lowest BCUT2D eigenvalue weighted by molar-refractivity contribution is -0.185. The highest BCUT2D eigenvalue weighted by molar-refractivity contribution is 4.93. The molecule has 0 aromatic heterocycles. The fourth-order valence-electron chi connectivity index (χ4n) is 1.97. The minimum Gasteiger partial charge on any atom is -0.288 e. The number of hydrogen-bond donors (Lipinski definition) is 0. The molecule has 15 heavy (non-hydrogen) atoms. The first kappa shape index (κ1) is 12.3. The Morgan fingerprint density at radius 2 is 1.93 bits per heavy atom. The van der Waals surface area contributed by atoms with Gasteiger partial charge in [0.1, 0.15) is 0 Å². The standard InChI is InChI=1S/C10H15F3N2/c1-2-9(7-14)15-5-3-8(4-6-15)10(11,12)13/h8-9H,2-6H2,1H3. The average Bonchev–Trinajstić information content (AvgIpc) is 2.19. The molecule has 2 nitrogen and oxygen atoms in total. The van der Waals surface area contributed by atoms with Gasteiger partial charge in [-0.15, -0.1) is 0 Å². The quantitative estimate of drug-likeness (QED) is 0.715. The first-order valence-corrected chi connectivity index (χ1v) is 5.19. The summed E-state index contributed by atoms with van der Waals surface area (Å²) in [6.45, 7) is 2.65. The van der Waals surface area contributed by atoms with Crippen molar-refractivity contribution in [1.29, 1.82) is 5.26 Å². The molecule has 0 bridgehead atoms. The van der Waals surface area contributed by atoms with E-state index < -0.39 is 12.1 Å². The molecule has 0 N–H and O–H groups in total. The monoisotopic (exact) mass is 220 g/mol. The summed E-state index contributed by atoms with van der Waals surface area (Å²) in [5.74, 6) is -1.18. The summed E-state index contributed by atoms with van der Waals surface area (Å²) in [7, 11) is 0. The lowest BCUT2D eigenvalue weighted by Crippen LogP contribution is -2.43. The molecule has 1 aliphatic heterocycles. The fraction of sp³-hybridized carbons (Fsp3) is 0.900. The number of hydrogen-bond acceptors (Lipinski definition) is 2. The van der Waals surface area contributed by atoms with Crippen LogP contribution >= 0.6 is 0 Å². The Bertz CT molecular complexity index is 236. The molecule has 0 saturated carbocycles. The van der Waals surface area contributed by atoms with Crippen molar-refractivity contribution in [3.63, 3.8) is 0 Å². The second kappa shape index (κ2) is 4.84. The second-order valence-electron chi connectivity index (χ2n) is 3.91. The van der Waals surface area contributed by atoms with Crippen LogP contribution in [0.2, 0.25) is 0 Å². The van der Waals surface area contributed by atoms with Crippen LogP contribution in [0.15, 0.2) is 0 Å². The highest BCUT2D eigenvalue weighted by atomic mass is 19.4. The Morgan fingerprint density at radius 1 is 1.40 bits per heavy atom. The van der Waals surface area contributed by atoms with E-state index in [-0.39, 0.29) is 18.9 Å². The van der Waals surface area contributed by atoms with Crippen molar-refractivity contribution < 1.29 is 13.2 Å². The number of likely N-dealkylation sites (tertiary alicyclic amines) is 1. The maximum Gasteiger partial charge on any atom is 0.391 e. The molecule has 86 valence electrons. The number of rotatable bonds is 2. The van der Waals surface area contributed by atoms with Gasteiger partial charge in [0.15, 0.2) is 0 Å². The molecule has 1 rings (SSSR count). The number of nitriles is 1. The minimum absolute atomic E-state index is 0.127. The maximum absolute atomic E-state index is 12.3. The van der Waals surface area contributed by atoms with E-state index in [1.807, 2.05) is 11.8 Å². The van der Waals surface area contributed by atoms with Gasteiger partial charge < -0.3 is 0 Å². The van der Waals surface area contributed by atoms with E-state index >= 15 is 0 Å². The molecule has 0 aromatic rings. The predicted octanol–water partition coefficient (Wildman–Crippen LogP) is 2.56. The highest BCUT2D eigenvalue weighted by Gasteiger charge is 2.41. The zero-order valence-corrected chi connectivity index (χ0v) is 8.72. The van der Waals surface area contributed by atoms with Crippen molar-refractivity contribution in [2.45, 2.75) is 38.4 Å². The van der Waals surface area contributed by atoms with Gasteiger partial charge in [-0.1, -0.05) is 6.92 Å². The van der Waals surface area contributed by atoms with Gasteiger partial charge in [0, 0.05) is 0 Å². The van der Waals surface area contributed by atoms with E-state index in [9.17, 15) is 13.2 Å². The van der Waals surface area contributed by atoms with Crippen molar-refractivity contribution in [3.8, 4) is 6.07 Å². The number of halogens is 3. The van der Waals surface area contributed by atoms with Gasteiger partial charge in [-0.3, -0.25) is 4.90 Å². The van der Waals surface area contributed by atoms with E-state index in [0.29, 0.717) is 19.5 Å². The smallest absolute Gasteiger partial charge is 0.288 e. The van der Waals surface area contributed by atoms with Crippen LogP contribution in [0.3, 0.4) is 0 Å². The Balaban J connectivity index is 2.46. The molecule has 1 aliphatic rings. The molecular weight excluding hydrogens is 205 g/mol. The lowest BCUT2D eigenvalue weighted by Gasteiger charge is -2.34. The van der Waals surface area contributed by atoms with E-state index in [0.717, 1.165) is 0 Å². The van der Waals surface area contributed by atoms with Crippen molar-refractivity contribution in [2.75, 3.05) is 13.1 Å². The predicted molar refractivity (Wildman–Crippen MR) is 50.0 cm³/mol. The molecular formula is C10H15F3N2. The van der Waals surface area contributed by atoms with Gasteiger partial charge in [0.25, 0.3) is 0 Å². The summed E-state index contributed by atoms with van der Waals surface area (Å²) < 4.78 is 37.0. The fourth-order valence-corrected chi connectivity index (χ4v) is 1.97. The van der Waals surface area contributed by atoms with Crippen LogP contribution in [0, 0.1) is 17.2 Å². The Labute approximate surface area is 87.7 Å². The van der Waals surface area contributed by atoms with E-state index in [2.05, 4.69) is 6.07 Å². The SMILES string of the molecule is CCC(C#N)N1CCC(C(F)(F)F)CC1. The average molecular weight is 220 g/mol. The minimum atomic E-state index is -4.07. The summed E-state index contributed by atoms with van der Waals surface area (Å²) >= 11 is 0. The van der Waals surface area contributed by atoms with Crippen molar-refractivity contribution in [3.05, 3.63) is 0 Å². The molecule has 1 heterocycles. The van der Waals surface area contributed by atoms with Crippen molar-refractivity contribution in [1.82, 2.24) is 4.90 Å². The van der Waals surface area contributed by atoms with E-state index in [1.165, 1.54) is 0 Å². The molecule has 1 fully saturated rings. The summed E-state index contributed by atoms with van der Waals surface area (Å²) in [6.07, 6.45) is -3.14. The highest BCUT2D eigenvalue weighted by Crippen LogP contribution is 2.34. The third-order valence-electron chi connectivity index (χ3n) is 2.97. The zero-order chi connectivity index (χ0) is 11.5. The number of nitrogens with zero attached hydrogens (tertiary/aromatic N) is 2. The maximum atomic E-state index is 12.3. The van der Waals surface area contributed by atoms with Crippen LogP contribution in [-0.4, -0.2) is 30.2 Å². The van der Waals surface area contributed by atoms with Crippen LogP contribution in [0.25, 0.3) is 0 Å². The Hall–Kier alpha value is -0.760. The van der Waals surface area contributed by atoms with E-state index in [4.69, 9.17) is 5.26 Å². The Kier molecular flexibility index (Phi) is 3.97. The zero-order valence-electron chi connectivity index (χ0n) is 8.72. The molecule has 0 amide bonds. The van der Waals surface area contributed by atoms with Crippen molar-refractivity contribution >= 4 is 0 Å². The van der Waals surface area contributed by atoms with Crippen LogP contribution in [-0.2, 0) is 0 Å². The van der Waals surface area contributed by atoms with Gasteiger partial charge in [-0.05, 0) is 32.4 Å². The third kappa shape index (κ3) is 3.10. The first-order chi connectivity index (χ1) is 6.99. The molecule has 0 spiro atoms. The molecule has 1 atom stereocenters. The van der Waals surface area contributed by atoms with Gasteiger partial charge in [0.2, 0.25) is 0 Å². The number of piperidine rings is 1. The van der Waals surface area contributed by atoms with Crippen LogP contribution in [0.5, 0.6) is 0 Å². The van der Waals surface area contributed by atoms with Gasteiger partial charge in [-0.25, -0.2) is 0 Å². The molecule has 0 aromatic carbocycles. The molecule has 0 radical (unpaired) electrons. The molecule has 0 aliphatic carbocycles. The van der Waals surface area contributed by atoms with Crippen LogP contribution in [0.4, 0.5) is 13.2 Å². The molecule has 5 heteroatoms. The van der Waals surface area contributed by atoms with Gasteiger partial charge >= 0.3 is 6.18 Å². The Morgan fingerprint density at radius 3 is 2.27 bits per heavy atom. The molecule has 1 saturated heterocycles. The molecule has 1 unspecified atom stereocenters.